The molecule has 0 unspecified atom stereocenters. The SMILES string of the molecule is COc1cc2c(Oc3ccc4[nH]c(C)cc4c3)ncnc2cc1OCCCN1CCOCC1. The summed E-state index contributed by atoms with van der Waals surface area (Å²) in [4.78, 5) is 14.5. The fraction of sp³-hybridized carbons (Fsp3) is 0.360. The van der Waals surface area contributed by atoms with Gasteiger partial charge < -0.3 is 23.9 Å². The zero-order chi connectivity index (χ0) is 22.6. The number of hydrogen-bond acceptors (Lipinski definition) is 7. The van der Waals surface area contributed by atoms with E-state index >= 15 is 0 Å². The average molecular weight is 449 g/mol. The predicted octanol–water partition coefficient (Wildman–Crippen LogP) is 4.32. The van der Waals surface area contributed by atoms with Gasteiger partial charge in [0.2, 0.25) is 5.88 Å². The van der Waals surface area contributed by atoms with Crippen LogP contribution in [0.4, 0.5) is 0 Å². The Labute approximate surface area is 192 Å². The Hall–Kier alpha value is -3.36. The summed E-state index contributed by atoms with van der Waals surface area (Å²) in [6.45, 7) is 7.21. The fourth-order valence-electron chi connectivity index (χ4n) is 4.12. The van der Waals surface area contributed by atoms with Crippen LogP contribution in [0.3, 0.4) is 0 Å². The number of hydrogen-bond donors (Lipinski definition) is 1. The number of nitrogens with zero attached hydrogens (tertiary/aromatic N) is 3. The normalized spacial score (nSPS) is 14.6. The summed E-state index contributed by atoms with van der Waals surface area (Å²) in [5.41, 5.74) is 2.92. The molecule has 8 heteroatoms. The molecule has 4 aromatic rings. The topological polar surface area (TPSA) is 81.7 Å². The Balaban J connectivity index is 1.32. The molecule has 0 saturated carbocycles. The quantitative estimate of drug-likeness (QED) is 0.402. The first kappa shape index (κ1) is 21.5. The molecule has 8 nitrogen and oxygen atoms in total. The molecule has 1 aliphatic rings. The van der Waals surface area contributed by atoms with Gasteiger partial charge in [-0.2, -0.15) is 0 Å². The third-order valence-electron chi connectivity index (χ3n) is 5.81. The van der Waals surface area contributed by atoms with E-state index in [1.165, 1.54) is 6.33 Å². The summed E-state index contributed by atoms with van der Waals surface area (Å²) in [7, 11) is 1.63. The molecule has 1 saturated heterocycles. The maximum atomic E-state index is 6.14. The first-order valence-electron chi connectivity index (χ1n) is 11.2. The molecule has 2 aromatic heterocycles. The average Bonchev–Trinajstić information content (AvgIpc) is 3.21. The van der Waals surface area contributed by atoms with Crippen LogP contribution < -0.4 is 14.2 Å². The van der Waals surface area contributed by atoms with Gasteiger partial charge in [-0.25, -0.2) is 9.97 Å². The van der Waals surface area contributed by atoms with E-state index < -0.39 is 0 Å². The molecular weight excluding hydrogens is 420 g/mol. The minimum absolute atomic E-state index is 0.476. The number of nitrogens with one attached hydrogen (secondary N) is 1. The molecule has 2 aromatic carbocycles. The molecule has 172 valence electrons. The Morgan fingerprint density at radius 1 is 1.06 bits per heavy atom. The maximum absolute atomic E-state index is 6.14. The highest BCUT2D eigenvalue weighted by atomic mass is 16.5. The van der Waals surface area contributed by atoms with Gasteiger partial charge in [0.05, 0.1) is 37.8 Å². The van der Waals surface area contributed by atoms with Crippen molar-refractivity contribution in [2.45, 2.75) is 13.3 Å². The van der Waals surface area contributed by atoms with Crippen LogP contribution in [0.5, 0.6) is 23.1 Å². The molecule has 1 fully saturated rings. The highest BCUT2D eigenvalue weighted by Crippen LogP contribution is 2.36. The minimum atomic E-state index is 0.476. The molecule has 0 radical (unpaired) electrons. The molecule has 0 spiro atoms. The lowest BCUT2D eigenvalue weighted by Gasteiger charge is -2.26. The van der Waals surface area contributed by atoms with Crippen LogP contribution in [0.1, 0.15) is 12.1 Å². The molecule has 0 atom stereocenters. The van der Waals surface area contributed by atoms with E-state index in [-0.39, 0.29) is 0 Å². The third kappa shape index (κ3) is 4.86. The maximum Gasteiger partial charge on any atom is 0.230 e. The van der Waals surface area contributed by atoms with Crippen molar-refractivity contribution in [2.24, 2.45) is 0 Å². The lowest BCUT2D eigenvalue weighted by atomic mass is 10.2. The van der Waals surface area contributed by atoms with E-state index in [1.807, 2.05) is 37.3 Å². The van der Waals surface area contributed by atoms with Gasteiger partial charge >= 0.3 is 0 Å². The third-order valence-corrected chi connectivity index (χ3v) is 5.81. The fourth-order valence-corrected chi connectivity index (χ4v) is 4.12. The molecule has 0 bridgehead atoms. The van der Waals surface area contributed by atoms with Crippen LogP contribution in [0, 0.1) is 6.92 Å². The number of H-pyrrole nitrogens is 1. The summed E-state index contributed by atoms with van der Waals surface area (Å²) in [6.07, 6.45) is 2.44. The Morgan fingerprint density at radius 2 is 1.94 bits per heavy atom. The molecule has 3 heterocycles. The van der Waals surface area contributed by atoms with Crippen LogP contribution in [-0.2, 0) is 4.74 Å². The largest absolute Gasteiger partial charge is 0.493 e. The lowest BCUT2D eigenvalue weighted by Crippen LogP contribution is -2.37. The summed E-state index contributed by atoms with van der Waals surface area (Å²) in [6, 6.07) is 11.8. The molecule has 0 aliphatic carbocycles. The van der Waals surface area contributed by atoms with Crippen molar-refractivity contribution in [2.75, 3.05) is 46.6 Å². The monoisotopic (exact) mass is 448 g/mol. The number of morpholine rings is 1. The number of fused-ring (bicyclic) bond motifs is 2. The Kier molecular flexibility index (Phi) is 6.28. The first-order valence-corrected chi connectivity index (χ1v) is 11.2. The van der Waals surface area contributed by atoms with Crippen LogP contribution in [0.25, 0.3) is 21.8 Å². The number of aryl methyl sites for hydroxylation is 1. The van der Waals surface area contributed by atoms with Crippen LogP contribution in [0.2, 0.25) is 0 Å². The second kappa shape index (κ2) is 9.64. The van der Waals surface area contributed by atoms with Gasteiger partial charge in [-0.3, -0.25) is 4.90 Å². The van der Waals surface area contributed by atoms with E-state index in [0.717, 1.165) is 66.8 Å². The lowest BCUT2D eigenvalue weighted by molar-refractivity contribution is 0.0357. The van der Waals surface area contributed by atoms with Gasteiger partial charge in [-0.05, 0) is 43.7 Å². The number of aromatic amines is 1. The van der Waals surface area contributed by atoms with Crippen molar-refractivity contribution in [1.82, 2.24) is 19.9 Å². The van der Waals surface area contributed by atoms with Crippen molar-refractivity contribution in [1.29, 1.82) is 0 Å². The first-order chi connectivity index (χ1) is 16.2. The number of benzene rings is 2. The zero-order valence-corrected chi connectivity index (χ0v) is 19.0. The van der Waals surface area contributed by atoms with Crippen LogP contribution >= 0.6 is 0 Å². The predicted molar refractivity (Wildman–Crippen MR) is 127 cm³/mol. The van der Waals surface area contributed by atoms with Gasteiger partial charge in [-0.1, -0.05) is 0 Å². The van der Waals surface area contributed by atoms with E-state index in [9.17, 15) is 0 Å². The van der Waals surface area contributed by atoms with Crippen molar-refractivity contribution >= 4 is 21.8 Å². The highest BCUT2D eigenvalue weighted by molar-refractivity contribution is 5.87. The zero-order valence-electron chi connectivity index (χ0n) is 19.0. The second-order valence-electron chi connectivity index (χ2n) is 8.16. The molecule has 1 N–H and O–H groups in total. The summed E-state index contributed by atoms with van der Waals surface area (Å²) in [5, 5.41) is 1.86. The summed E-state index contributed by atoms with van der Waals surface area (Å²) >= 11 is 0. The van der Waals surface area contributed by atoms with Gasteiger partial charge in [0.1, 0.15) is 12.1 Å². The Morgan fingerprint density at radius 3 is 2.79 bits per heavy atom. The smallest absolute Gasteiger partial charge is 0.230 e. The second-order valence-corrected chi connectivity index (χ2v) is 8.16. The van der Waals surface area contributed by atoms with Crippen LogP contribution in [0.15, 0.2) is 42.7 Å². The highest BCUT2D eigenvalue weighted by Gasteiger charge is 2.14. The van der Waals surface area contributed by atoms with E-state index in [2.05, 4.69) is 25.9 Å². The minimum Gasteiger partial charge on any atom is -0.493 e. The molecule has 0 amide bonds. The van der Waals surface area contributed by atoms with E-state index in [4.69, 9.17) is 18.9 Å². The molecule has 5 rings (SSSR count). The van der Waals surface area contributed by atoms with Crippen molar-refractivity contribution in [3.05, 3.63) is 48.4 Å². The van der Waals surface area contributed by atoms with Crippen molar-refractivity contribution in [3.63, 3.8) is 0 Å². The van der Waals surface area contributed by atoms with Gasteiger partial charge in [0.25, 0.3) is 0 Å². The molecule has 33 heavy (non-hydrogen) atoms. The van der Waals surface area contributed by atoms with Gasteiger partial charge in [-0.15, -0.1) is 0 Å². The van der Waals surface area contributed by atoms with Crippen LogP contribution in [-0.4, -0.2) is 66.4 Å². The Bertz CT molecular complexity index is 1250. The molecule has 1 aliphatic heterocycles. The number of ether oxygens (including phenoxy) is 4. The number of aromatic nitrogens is 3. The van der Waals surface area contributed by atoms with Gasteiger partial charge in [0.15, 0.2) is 11.5 Å². The number of rotatable bonds is 8. The van der Waals surface area contributed by atoms with E-state index in [1.54, 1.807) is 7.11 Å². The summed E-state index contributed by atoms with van der Waals surface area (Å²) in [5.74, 6) is 2.48. The standard InChI is InChI=1S/C25H28N4O4/c1-17-12-18-13-19(4-5-21(18)28-17)33-25-20-14-23(30-2)24(15-22(20)26-16-27-25)32-9-3-6-29-7-10-31-11-8-29/h4-5,12-16,28H,3,6-11H2,1-2H3. The van der Waals surface area contributed by atoms with Crippen molar-refractivity contribution in [3.8, 4) is 23.1 Å². The summed E-state index contributed by atoms with van der Waals surface area (Å²) < 4.78 is 23.2. The number of methoxy groups -OCH3 is 1. The van der Waals surface area contributed by atoms with Gasteiger partial charge in [0, 0.05) is 42.3 Å². The van der Waals surface area contributed by atoms with E-state index in [0.29, 0.717) is 29.7 Å². The van der Waals surface area contributed by atoms with Crippen molar-refractivity contribution < 1.29 is 18.9 Å². The molecular formula is C25H28N4O4.